The van der Waals surface area contributed by atoms with Gasteiger partial charge in [-0.15, -0.1) is 0 Å². The molecule has 92 valence electrons. The van der Waals surface area contributed by atoms with E-state index < -0.39 is 0 Å². The van der Waals surface area contributed by atoms with Crippen molar-refractivity contribution in [1.29, 1.82) is 0 Å². The van der Waals surface area contributed by atoms with Crippen molar-refractivity contribution in [1.82, 2.24) is 10.2 Å². The zero-order valence-electron chi connectivity index (χ0n) is 11.4. The van der Waals surface area contributed by atoms with Gasteiger partial charge in [-0.25, -0.2) is 0 Å². The third-order valence-corrected chi connectivity index (χ3v) is 3.47. The Balaban J connectivity index is 4.42. The first-order valence-electron chi connectivity index (χ1n) is 5.66. The van der Waals surface area contributed by atoms with E-state index in [9.17, 15) is 5.11 Å². The van der Waals surface area contributed by atoms with Crippen molar-refractivity contribution >= 4 is 0 Å². The summed E-state index contributed by atoms with van der Waals surface area (Å²) < 4.78 is 0. The molecule has 0 saturated heterocycles. The molecule has 0 radical (unpaired) electrons. The highest BCUT2D eigenvalue weighted by Gasteiger charge is 2.29. The highest BCUT2D eigenvalue weighted by Crippen LogP contribution is 2.23. The largest absolute Gasteiger partial charge is 0.394 e. The Bertz CT molecular complexity index is 183. The van der Waals surface area contributed by atoms with Crippen LogP contribution in [0.3, 0.4) is 0 Å². The number of hydrogen-bond acceptors (Lipinski definition) is 3. The molecule has 2 N–H and O–H groups in total. The van der Waals surface area contributed by atoms with Crippen molar-refractivity contribution in [3.05, 3.63) is 0 Å². The lowest BCUT2D eigenvalue weighted by Crippen LogP contribution is -2.55. The minimum Gasteiger partial charge on any atom is -0.394 e. The molecule has 0 bridgehead atoms. The Hall–Kier alpha value is -0.120. The number of rotatable bonds is 5. The smallest absolute Gasteiger partial charge is 0.0623 e. The van der Waals surface area contributed by atoms with Gasteiger partial charge in [0.2, 0.25) is 0 Å². The van der Waals surface area contributed by atoms with Crippen LogP contribution in [0.2, 0.25) is 0 Å². The molecule has 3 heteroatoms. The van der Waals surface area contributed by atoms with E-state index in [1.54, 1.807) is 0 Å². The molecule has 0 rings (SSSR count). The van der Waals surface area contributed by atoms with E-state index in [4.69, 9.17) is 0 Å². The van der Waals surface area contributed by atoms with Crippen molar-refractivity contribution in [3.8, 4) is 0 Å². The summed E-state index contributed by atoms with van der Waals surface area (Å²) in [6.45, 7) is 12.0. The molecule has 2 unspecified atom stereocenters. The van der Waals surface area contributed by atoms with Gasteiger partial charge in [-0.3, -0.25) is 0 Å². The first-order chi connectivity index (χ1) is 6.66. The second-order valence-electron chi connectivity index (χ2n) is 5.93. The average Bonchev–Trinajstić information content (AvgIpc) is 2.15. The third-order valence-electron chi connectivity index (χ3n) is 3.47. The summed E-state index contributed by atoms with van der Waals surface area (Å²) in [5, 5.41) is 12.5. The number of nitrogens with zero attached hydrogens (tertiary/aromatic N) is 1. The van der Waals surface area contributed by atoms with Gasteiger partial charge in [-0.1, -0.05) is 20.8 Å². The summed E-state index contributed by atoms with van der Waals surface area (Å²) in [6, 6.07) is 0.483. The first-order valence-corrected chi connectivity index (χ1v) is 5.66. The second kappa shape index (κ2) is 5.28. The monoisotopic (exact) mass is 216 g/mol. The lowest BCUT2D eigenvalue weighted by molar-refractivity contribution is 0.0814. The number of aliphatic hydroxyl groups is 1. The van der Waals surface area contributed by atoms with Crippen LogP contribution in [0.5, 0.6) is 0 Å². The van der Waals surface area contributed by atoms with Crippen LogP contribution in [0.4, 0.5) is 0 Å². The first kappa shape index (κ1) is 14.9. The molecular weight excluding hydrogens is 188 g/mol. The van der Waals surface area contributed by atoms with E-state index in [0.29, 0.717) is 6.04 Å². The number of likely N-dealkylation sites (N-methyl/N-ethyl adjacent to an activating group) is 2. The van der Waals surface area contributed by atoms with Gasteiger partial charge < -0.3 is 15.3 Å². The van der Waals surface area contributed by atoms with Gasteiger partial charge in [-0.2, -0.15) is 0 Å². The Kier molecular flexibility index (Phi) is 5.24. The van der Waals surface area contributed by atoms with Crippen LogP contribution in [0.25, 0.3) is 0 Å². The Morgan fingerprint density at radius 1 is 1.27 bits per heavy atom. The molecule has 0 amide bonds. The summed E-state index contributed by atoms with van der Waals surface area (Å²) in [5.74, 6) is 0. The molecule has 0 aliphatic rings. The van der Waals surface area contributed by atoms with Crippen LogP contribution >= 0.6 is 0 Å². The minimum atomic E-state index is -0.214. The van der Waals surface area contributed by atoms with Gasteiger partial charge in [0.15, 0.2) is 0 Å². The van der Waals surface area contributed by atoms with Crippen LogP contribution < -0.4 is 5.32 Å². The van der Waals surface area contributed by atoms with Crippen molar-refractivity contribution < 1.29 is 5.11 Å². The highest BCUT2D eigenvalue weighted by atomic mass is 16.3. The predicted molar refractivity (Wildman–Crippen MR) is 66.1 cm³/mol. The molecule has 0 aromatic rings. The Morgan fingerprint density at radius 3 is 2.00 bits per heavy atom. The Labute approximate surface area is 94.9 Å². The zero-order chi connectivity index (χ0) is 12.3. The van der Waals surface area contributed by atoms with Gasteiger partial charge in [0, 0.05) is 12.6 Å². The summed E-state index contributed by atoms with van der Waals surface area (Å²) in [6.07, 6.45) is 0. The van der Waals surface area contributed by atoms with E-state index >= 15 is 0 Å². The van der Waals surface area contributed by atoms with Crippen molar-refractivity contribution in [2.24, 2.45) is 5.41 Å². The van der Waals surface area contributed by atoms with Gasteiger partial charge in [-0.05, 0) is 33.4 Å². The van der Waals surface area contributed by atoms with E-state index in [0.717, 1.165) is 6.54 Å². The third kappa shape index (κ3) is 4.49. The maximum atomic E-state index is 9.33. The lowest BCUT2D eigenvalue weighted by Gasteiger charge is -2.40. The maximum Gasteiger partial charge on any atom is 0.0623 e. The van der Waals surface area contributed by atoms with Crippen LogP contribution in [0.1, 0.15) is 34.6 Å². The molecule has 0 fully saturated rings. The topological polar surface area (TPSA) is 35.5 Å². The van der Waals surface area contributed by atoms with Crippen molar-refractivity contribution in [2.75, 3.05) is 27.2 Å². The van der Waals surface area contributed by atoms with Gasteiger partial charge in [0.05, 0.1) is 12.1 Å². The lowest BCUT2D eigenvalue weighted by atomic mass is 9.86. The molecule has 0 saturated carbocycles. The van der Waals surface area contributed by atoms with Crippen molar-refractivity contribution in [3.63, 3.8) is 0 Å². The molecule has 0 aliphatic heterocycles. The minimum absolute atomic E-state index is 0.157. The molecule has 2 atom stereocenters. The molecule has 0 aromatic heterocycles. The second-order valence-corrected chi connectivity index (χ2v) is 5.93. The van der Waals surface area contributed by atoms with Crippen LogP contribution in [-0.2, 0) is 0 Å². The fourth-order valence-electron chi connectivity index (χ4n) is 1.56. The van der Waals surface area contributed by atoms with Crippen molar-refractivity contribution in [2.45, 2.75) is 46.2 Å². The molecule has 15 heavy (non-hydrogen) atoms. The SMILES string of the molecule is CNC(C)(CO)CN(C)C(C)C(C)(C)C. The molecule has 0 aliphatic carbocycles. The normalized spacial score (nSPS) is 19.0. The molecule has 0 spiro atoms. The molecular formula is C12H28N2O. The highest BCUT2D eigenvalue weighted by molar-refractivity contribution is 4.87. The quantitative estimate of drug-likeness (QED) is 0.727. The summed E-state index contributed by atoms with van der Waals surface area (Å²) >= 11 is 0. The van der Waals surface area contributed by atoms with E-state index in [-0.39, 0.29) is 17.6 Å². The maximum absolute atomic E-state index is 9.33. The van der Waals surface area contributed by atoms with Crippen LogP contribution in [0, 0.1) is 5.41 Å². The standard InChI is InChI=1S/C12H28N2O/c1-10(11(2,3)4)14(7)8-12(5,9-15)13-6/h10,13,15H,8-9H2,1-7H3. The van der Waals surface area contributed by atoms with Crippen LogP contribution in [0.15, 0.2) is 0 Å². The Morgan fingerprint density at radius 2 is 1.73 bits per heavy atom. The zero-order valence-corrected chi connectivity index (χ0v) is 11.4. The van der Waals surface area contributed by atoms with E-state index in [1.807, 2.05) is 14.0 Å². The molecule has 3 nitrogen and oxygen atoms in total. The molecule has 0 heterocycles. The van der Waals surface area contributed by atoms with Crippen LogP contribution in [-0.4, -0.2) is 48.8 Å². The summed E-state index contributed by atoms with van der Waals surface area (Å²) in [5.41, 5.74) is 0.0487. The molecule has 0 aromatic carbocycles. The van der Waals surface area contributed by atoms with E-state index in [2.05, 4.69) is 45.0 Å². The van der Waals surface area contributed by atoms with Gasteiger partial charge in [0.1, 0.15) is 0 Å². The van der Waals surface area contributed by atoms with Gasteiger partial charge >= 0.3 is 0 Å². The fraction of sp³-hybridized carbons (Fsp3) is 1.00. The number of aliphatic hydroxyl groups excluding tert-OH is 1. The number of hydrogen-bond donors (Lipinski definition) is 2. The average molecular weight is 216 g/mol. The fourth-order valence-corrected chi connectivity index (χ4v) is 1.56. The van der Waals surface area contributed by atoms with Gasteiger partial charge in [0.25, 0.3) is 0 Å². The van der Waals surface area contributed by atoms with E-state index in [1.165, 1.54) is 0 Å². The summed E-state index contributed by atoms with van der Waals surface area (Å²) in [7, 11) is 4.01. The number of nitrogens with one attached hydrogen (secondary N) is 1. The predicted octanol–water partition coefficient (Wildman–Crippen LogP) is 1.32. The summed E-state index contributed by atoms with van der Waals surface area (Å²) in [4.78, 5) is 2.30.